The summed E-state index contributed by atoms with van der Waals surface area (Å²) in [4.78, 5) is 29.6. The molecule has 0 saturated heterocycles. The van der Waals surface area contributed by atoms with Gasteiger partial charge in [0.15, 0.2) is 22.7 Å². The molecule has 11 heteroatoms. The molecular formula is C21H18N6O5. The van der Waals surface area contributed by atoms with Gasteiger partial charge in [0.2, 0.25) is 5.91 Å². The van der Waals surface area contributed by atoms with Crippen molar-refractivity contribution in [2.75, 3.05) is 25.6 Å². The maximum Gasteiger partial charge on any atom is 0.284 e. The van der Waals surface area contributed by atoms with Gasteiger partial charge in [-0.2, -0.15) is 4.68 Å². The zero-order chi connectivity index (χ0) is 22.1. The van der Waals surface area contributed by atoms with Gasteiger partial charge in [0.25, 0.3) is 5.56 Å². The van der Waals surface area contributed by atoms with E-state index in [1.807, 2.05) is 0 Å². The van der Waals surface area contributed by atoms with E-state index >= 15 is 0 Å². The van der Waals surface area contributed by atoms with Crippen molar-refractivity contribution in [3.63, 3.8) is 0 Å². The first-order chi connectivity index (χ1) is 15.6. The molecule has 0 saturated carbocycles. The molecule has 4 aromatic rings. The molecule has 1 aliphatic rings. The minimum Gasteiger partial charge on any atom is -0.497 e. The van der Waals surface area contributed by atoms with Crippen molar-refractivity contribution < 1.29 is 19.0 Å². The summed E-state index contributed by atoms with van der Waals surface area (Å²) in [7, 11) is 1.56. The number of hydrogen-bond acceptors (Lipinski definition) is 8. The summed E-state index contributed by atoms with van der Waals surface area (Å²) in [5.74, 6) is 1.42. The first-order valence-corrected chi connectivity index (χ1v) is 9.77. The van der Waals surface area contributed by atoms with Crippen LogP contribution in [0, 0.1) is 0 Å². The first-order valence-electron chi connectivity index (χ1n) is 9.77. The second kappa shape index (κ2) is 8.02. The average molecular weight is 434 g/mol. The normalized spacial score (nSPS) is 12.5. The van der Waals surface area contributed by atoms with E-state index in [-0.39, 0.29) is 17.7 Å². The van der Waals surface area contributed by atoms with Crippen molar-refractivity contribution in [2.45, 2.75) is 6.54 Å². The summed E-state index contributed by atoms with van der Waals surface area (Å²) in [6, 6.07) is 12.2. The topological polar surface area (TPSA) is 122 Å². The van der Waals surface area contributed by atoms with Crippen LogP contribution in [0.25, 0.3) is 16.9 Å². The van der Waals surface area contributed by atoms with E-state index in [2.05, 4.69) is 20.6 Å². The Kier molecular flexibility index (Phi) is 4.90. The molecule has 1 N–H and O–H groups in total. The maximum absolute atomic E-state index is 12.8. The van der Waals surface area contributed by atoms with Crippen LogP contribution >= 0.6 is 0 Å². The maximum atomic E-state index is 12.8. The number of benzene rings is 2. The molecule has 162 valence electrons. The minimum atomic E-state index is -0.471. The zero-order valence-electron chi connectivity index (χ0n) is 17.0. The number of rotatable bonds is 5. The number of carbonyl (C=O) groups excluding carboxylic acids is 1. The molecule has 2 aromatic carbocycles. The van der Waals surface area contributed by atoms with E-state index in [1.165, 1.54) is 15.6 Å². The number of amides is 1. The Hall–Kier alpha value is -4.41. The van der Waals surface area contributed by atoms with Gasteiger partial charge in [-0.25, -0.2) is 4.98 Å². The Labute approximate surface area is 181 Å². The molecule has 1 amide bonds. The molecule has 32 heavy (non-hydrogen) atoms. The second-order valence-corrected chi connectivity index (χ2v) is 6.96. The van der Waals surface area contributed by atoms with Gasteiger partial charge in [-0.15, -0.1) is 5.10 Å². The van der Waals surface area contributed by atoms with Crippen LogP contribution in [-0.2, 0) is 11.3 Å². The van der Waals surface area contributed by atoms with Crippen molar-refractivity contribution in [3.8, 4) is 22.9 Å². The Morgan fingerprint density at radius 1 is 1.16 bits per heavy atom. The number of carbonyl (C=O) groups is 1. The first kappa shape index (κ1) is 19.5. The third kappa shape index (κ3) is 3.60. The van der Waals surface area contributed by atoms with Crippen LogP contribution in [0.5, 0.6) is 17.2 Å². The third-order valence-corrected chi connectivity index (χ3v) is 4.87. The van der Waals surface area contributed by atoms with Crippen LogP contribution in [0.15, 0.2) is 53.6 Å². The average Bonchev–Trinajstić information content (AvgIpc) is 3.26. The highest BCUT2D eigenvalue weighted by Crippen LogP contribution is 2.32. The molecule has 0 aliphatic carbocycles. The quantitative estimate of drug-likeness (QED) is 0.500. The lowest BCUT2D eigenvalue weighted by Crippen LogP contribution is -2.28. The molecule has 5 rings (SSSR count). The van der Waals surface area contributed by atoms with Crippen molar-refractivity contribution in [2.24, 2.45) is 0 Å². The molecular weight excluding hydrogens is 416 g/mol. The van der Waals surface area contributed by atoms with Gasteiger partial charge in [0.05, 0.1) is 12.8 Å². The molecule has 0 radical (unpaired) electrons. The number of aromatic nitrogens is 5. The fourth-order valence-electron chi connectivity index (χ4n) is 3.35. The molecule has 0 unspecified atom stereocenters. The lowest BCUT2D eigenvalue weighted by Gasteiger charge is -2.19. The summed E-state index contributed by atoms with van der Waals surface area (Å²) in [5, 5.41) is 10.7. The molecule has 1 aliphatic heterocycles. The standard InChI is InChI=1S/C21H18N6O5/c1-30-15-4-2-3-14(10-15)27-20-19(24-25-27)21(29)26(12-22-20)11-18(28)23-13-5-6-16-17(9-13)32-8-7-31-16/h2-6,9-10,12H,7-8,11H2,1H3,(H,23,28). The van der Waals surface area contributed by atoms with E-state index in [4.69, 9.17) is 14.2 Å². The highest BCUT2D eigenvalue weighted by molar-refractivity contribution is 5.91. The molecule has 3 heterocycles. The summed E-state index contributed by atoms with van der Waals surface area (Å²) in [6.45, 7) is 0.698. The van der Waals surface area contributed by atoms with Crippen molar-refractivity contribution in [3.05, 3.63) is 59.1 Å². The molecule has 0 spiro atoms. The van der Waals surface area contributed by atoms with Gasteiger partial charge < -0.3 is 19.5 Å². The fraction of sp³-hybridized carbons (Fsp3) is 0.190. The predicted molar refractivity (Wildman–Crippen MR) is 114 cm³/mol. The van der Waals surface area contributed by atoms with Gasteiger partial charge in [-0.1, -0.05) is 11.3 Å². The van der Waals surface area contributed by atoms with E-state index in [0.29, 0.717) is 41.8 Å². The van der Waals surface area contributed by atoms with Gasteiger partial charge in [0.1, 0.15) is 31.8 Å². The monoisotopic (exact) mass is 434 g/mol. The third-order valence-electron chi connectivity index (χ3n) is 4.87. The van der Waals surface area contributed by atoms with E-state index in [1.54, 1.807) is 49.6 Å². The molecule has 2 aromatic heterocycles. The Morgan fingerprint density at radius 2 is 2.00 bits per heavy atom. The largest absolute Gasteiger partial charge is 0.497 e. The second-order valence-electron chi connectivity index (χ2n) is 6.96. The van der Waals surface area contributed by atoms with Gasteiger partial charge in [0, 0.05) is 17.8 Å². The zero-order valence-corrected chi connectivity index (χ0v) is 17.0. The fourth-order valence-corrected chi connectivity index (χ4v) is 3.35. The number of nitrogens with one attached hydrogen (secondary N) is 1. The SMILES string of the molecule is COc1cccc(-n2nnc3c(=O)n(CC(=O)Nc4ccc5c(c4)OCCO5)cnc32)c1. The number of methoxy groups -OCH3 is 1. The Morgan fingerprint density at radius 3 is 2.84 bits per heavy atom. The predicted octanol–water partition coefficient (Wildman–Crippen LogP) is 1.40. The Bertz CT molecular complexity index is 1380. The number of hydrogen-bond donors (Lipinski definition) is 1. The molecule has 0 atom stereocenters. The molecule has 0 bridgehead atoms. The van der Waals surface area contributed by atoms with Crippen LogP contribution in [0.4, 0.5) is 5.69 Å². The van der Waals surface area contributed by atoms with Crippen LogP contribution in [-0.4, -0.2) is 50.8 Å². The summed E-state index contributed by atoms with van der Waals surface area (Å²) < 4.78 is 18.8. The van der Waals surface area contributed by atoms with Crippen molar-refractivity contribution >= 4 is 22.8 Å². The van der Waals surface area contributed by atoms with E-state index < -0.39 is 11.5 Å². The summed E-state index contributed by atoms with van der Waals surface area (Å²) in [6.07, 6.45) is 1.30. The number of ether oxygens (including phenoxy) is 3. The van der Waals surface area contributed by atoms with Gasteiger partial charge >= 0.3 is 0 Å². The van der Waals surface area contributed by atoms with Gasteiger partial charge in [-0.05, 0) is 24.3 Å². The van der Waals surface area contributed by atoms with Crippen LogP contribution in [0.1, 0.15) is 0 Å². The van der Waals surface area contributed by atoms with Crippen molar-refractivity contribution in [1.29, 1.82) is 0 Å². The number of nitrogens with zero attached hydrogens (tertiary/aromatic N) is 5. The number of anilines is 1. The highest BCUT2D eigenvalue weighted by Gasteiger charge is 2.16. The lowest BCUT2D eigenvalue weighted by atomic mass is 10.2. The highest BCUT2D eigenvalue weighted by atomic mass is 16.6. The molecule has 11 nitrogen and oxygen atoms in total. The van der Waals surface area contributed by atoms with Crippen LogP contribution in [0.2, 0.25) is 0 Å². The smallest absolute Gasteiger partial charge is 0.284 e. The van der Waals surface area contributed by atoms with Gasteiger partial charge in [-0.3, -0.25) is 14.2 Å². The van der Waals surface area contributed by atoms with E-state index in [9.17, 15) is 9.59 Å². The van der Waals surface area contributed by atoms with Crippen molar-refractivity contribution in [1.82, 2.24) is 24.5 Å². The lowest BCUT2D eigenvalue weighted by molar-refractivity contribution is -0.116. The summed E-state index contributed by atoms with van der Waals surface area (Å²) in [5.41, 5.74) is 1.05. The number of fused-ring (bicyclic) bond motifs is 2. The van der Waals surface area contributed by atoms with Crippen LogP contribution < -0.4 is 25.1 Å². The minimum absolute atomic E-state index is 0.0578. The summed E-state index contributed by atoms with van der Waals surface area (Å²) >= 11 is 0. The van der Waals surface area contributed by atoms with E-state index in [0.717, 1.165) is 0 Å². The van der Waals surface area contributed by atoms with Crippen LogP contribution in [0.3, 0.4) is 0 Å². The molecule has 0 fully saturated rings. The Balaban J connectivity index is 1.37.